The van der Waals surface area contributed by atoms with E-state index in [0.717, 1.165) is 4.75 Å². The van der Waals surface area contributed by atoms with E-state index >= 15 is 0 Å². The molecule has 54 valence electrons. The molecule has 0 nitrogen and oxygen atoms in total. The molecule has 0 aromatic heterocycles. The Morgan fingerprint density at radius 1 is 1.22 bits per heavy atom. The minimum absolute atomic E-state index is 0.730. The fraction of sp³-hybridized carbons (Fsp3) is 1.00. The van der Waals surface area contributed by atoms with Gasteiger partial charge in [0, 0.05) is 0 Å². The second-order valence-corrected chi connectivity index (χ2v) is 17.8. The molecule has 0 atom stereocenters. The van der Waals surface area contributed by atoms with Gasteiger partial charge in [-0.25, -0.2) is 0 Å². The van der Waals surface area contributed by atoms with E-state index in [-0.39, 0.29) is 0 Å². The first-order valence-electron chi connectivity index (χ1n) is 3.48. The zero-order valence-corrected chi connectivity index (χ0v) is 9.27. The summed E-state index contributed by atoms with van der Waals surface area (Å²) in [6.07, 6.45) is 5.29. The molecule has 0 N–H and O–H groups in total. The molecule has 1 aliphatic carbocycles. The fourth-order valence-electron chi connectivity index (χ4n) is 1.43. The molecule has 9 heavy (non-hydrogen) atoms. The van der Waals surface area contributed by atoms with Gasteiger partial charge in [-0.1, -0.05) is 0 Å². The van der Waals surface area contributed by atoms with E-state index in [0.29, 0.717) is 0 Å². The van der Waals surface area contributed by atoms with Gasteiger partial charge in [-0.05, 0) is 0 Å². The first-order chi connectivity index (χ1) is 4.11. The summed E-state index contributed by atoms with van der Waals surface area (Å²) in [7, 11) is 12.2. The SMILES string of the molecule is [CH3][Ge]([Cl])([Cl])[CH]1CCCC1. The Morgan fingerprint density at radius 2 is 1.67 bits per heavy atom. The van der Waals surface area contributed by atoms with Crippen LogP contribution in [-0.2, 0) is 0 Å². The van der Waals surface area contributed by atoms with Crippen molar-refractivity contribution in [2.75, 3.05) is 0 Å². The van der Waals surface area contributed by atoms with Gasteiger partial charge in [-0.2, -0.15) is 0 Å². The van der Waals surface area contributed by atoms with Crippen LogP contribution < -0.4 is 0 Å². The van der Waals surface area contributed by atoms with E-state index < -0.39 is 11.4 Å². The topological polar surface area (TPSA) is 0 Å². The van der Waals surface area contributed by atoms with Crippen LogP contribution in [0.4, 0.5) is 0 Å². The number of halogens is 2. The van der Waals surface area contributed by atoms with Crippen LogP contribution in [0.1, 0.15) is 25.7 Å². The minimum atomic E-state index is -2.24. The summed E-state index contributed by atoms with van der Waals surface area (Å²) < 4.78 is 0.730. The van der Waals surface area contributed by atoms with Crippen molar-refractivity contribution in [1.29, 1.82) is 0 Å². The molecule has 3 heteroatoms. The van der Waals surface area contributed by atoms with Crippen LogP contribution in [-0.4, -0.2) is 11.4 Å². The Balaban J connectivity index is 2.42. The van der Waals surface area contributed by atoms with Crippen LogP contribution in [0, 0.1) is 0 Å². The first kappa shape index (κ1) is 8.22. The summed E-state index contributed by atoms with van der Waals surface area (Å²) in [6.45, 7) is 0. The standard InChI is InChI=1S/C6H12Cl2Ge/c1-9(7,8)6-4-2-3-5-6/h6H,2-5H2,1H3. The van der Waals surface area contributed by atoms with Crippen LogP contribution in [0.2, 0.25) is 10.5 Å². The molecule has 0 aromatic carbocycles. The van der Waals surface area contributed by atoms with Gasteiger partial charge in [0.25, 0.3) is 0 Å². The van der Waals surface area contributed by atoms with Crippen LogP contribution in [0.5, 0.6) is 0 Å². The predicted molar refractivity (Wildman–Crippen MR) is 45.5 cm³/mol. The second kappa shape index (κ2) is 3.02. The summed E-state index contributed by atoms with van der Waals surface area (Å²) in [5, 5.41) is 0. The van der Waals surface area contributed by atoms with Crippen LogP contribution >= 0.6 is 20.0 Å². The molecule has 0 radical (unpaired) electrons. The van der Waals surface area contributed by atoms with Crippen molar-refractivity contribution in [2.45, 2.75) is 36.2 Å². The van der Waals surface area contributed by atoms with E-state index in [1.807, 2.05) is 0 Å². The van der Waals surface area contributed by atoms with Crippen LogP contribution in [0.25, 0.3) is 0 Å². The zero-order valence-electron chi connectivity index (χ0n) is 5.66. The molecule has 1 fully saturated rings. The molecule has 0 amide bonds. The summed E-state index contributed by atoms with van der Waals surface area (Å²) in [6, 6.07) is 0. The molecule has 0 saturated heterocycles. The molecule has 0 unspecified atom stereocenters. The van der Waals surface area contributed by atoms with Crippen molar-refractivity contribution in [2.24, 2.45) is 0 Å². The number of hydrogen-bond acceptors (Lipinski definition) is 0. The van der Waals surface area contributed by atoms with Crippen molar-refractivity contribution in [3.8, 4) is 0 Å². The average Bonchev–Trinajstić information content (AvgIpc) is 2.08. The molecule has 1 rings (SSSR count). The monoisotopic (exact) mass is 228 g/mol. The van der Waals surface area contributed by atoms with E-state index in [4.69, 9.17) is 20.0 Å². The molecule has 0 aliphatic heterocycles. The molecule has 0 spiro atoms. The maximum atomic E-state index is 6.09. The van der Waals surface area contributed by atoms with Crippen molar-refractivity contribution >= 4 is 31.4 Å². The summed E-state index contributed by atoms with van der Waals surface area (Å²) in [5.41, 5.74) is 0. The molecule has 0 aromatic rings. The van der Waals surface area contributed by atoms with Gasteiger partial charge in [-0.3, -0.25) is 0 Å². The fourth-order valence-corrected chi connectivity index (χ4v) is 6.68. The summed E-state index contributed by atoms with van der Waals surface area (Å²) >= 11 is -2.24. The molecule has 1 aliphatic rings. The third-order valence-corrected chi connectivity index (χ3v) is 9.50. The maximum absolute atomic E-state index is 6.09. The number of hydrogen-bond donors (Lipinski definition) is 0. The average molecular weight is 228 g/mol. The van der Waals surface area contributed by atoms with Crippen LogP contribution in [0.3, 0.4) is 0 Å². The molecular weight excluding hydrogens is 216 g/mol. The van der Waals surface area contributed by atoms with Crippen molar-refractivity contribution in [3.05, 3.63) is 0 Å². The van der Waals surface area contributed by atoms with E-state index in [1.54, 1.807) is 0 Å². The summed E-state index contributed by atoms with van der Waals surface area (Å²) in [4.78, 5) is 0. The Labute approximate surface area is 67.6 Å². The molecule has 0 bridgehead atoms. The molecular formula is C6H12Cl2Ge. The Morgan fingerprint density at radius 3 is 1.89 bits per heavy atom. The summed E-state index contributed by atoms with van der Waals surface area (Å²) in [5.74, 6) is 2.08. The first-order valence-corrected chi connectivity index (χ1v) is 12.3. The zero-order chi connectivity index (χ0) is 6.91. The molecule has 1 saturated carbocycles. The van der Waals surface area contributed by atoms with Gasteiger partial charge in [-0.15, -0.1) is 0 Å². The second-order valence-electron chi connectivity index (χ2n) is 2.94. The van der Waals surface area contributed by atoms with Gasteiger partial charge in [0.15, 0.2) is 0 Å². The number of rotatable bonds is 1. The predicted octanol–water partition coefficient (Wildman–Crippen LogP) is 3.48. The van der Waals surface area contributed by atoms with Gasteiger partial charge in [0.2, 0.25) is 0 Å². The van der Waals surface area contributed by atoms with Crippen molar-refractivity contribution in [3.63, 3.8) is 0 Å². The van der Waals surface area contributed by atoms with Gasteiger partial charge >= 0.3 is 67.6 Å². The third-order valence-electron chi connectivity index (χ3n) is 2.07. The van der Waals surface area contributed by atoms with Gasteiger partial charge in [0.05, 0.1) is 0 Å². The molecule has 0 heterocycles. The van der Waals surface area contributed by atoms with E-state index in [9.17, 15) is 0 Å². The Hall–Kier alpha value is 1.12. The van der Waals surface area contributed by atoms with Crippen molar-refractivity contribution in [1.82, 2.24) is 0 Å². The van der Waals surface area contributed by atoms with Crippen LogP contribution in [0.15, 0.2) is 0 Å². The van der Waals surface area contributed by atoms with E-state index in [1.165, 1.54) is 25.7 Å². The quantitative estimate of drug-likeness (QED) is 0.602. The normalized spacial score (nSPS) is 23.0. The van der Waals surface area contributed by atoms with Crippen molar-refractivity contribution < 1.29 is 0 Å². The Bertz CT molecular complexity index is 91.7. The van der Waals surface area contributed by atoms with Gasteiger partial charge < -0.3 is 0 Å². The third kappa shape index (κ3) is 2.32. The van der Waals surface area contributed by atoms with E-state index in [2.05, 4.69) is 5.76 Å². The Kier molecular flexibility index (Phi) is 2.76. The van der Waals surface area contributed by atoms with Gasteiger partial charge in [0.1, 0.15) is 0 Å².